The van der Waals surface area contributed by atoms with Crippen molar-refractivity contribution in [3.05, 3.63) is 53.3 Å². The molecule has 2 fully saturated rings. The van der Waals surface area contributed by atoms with Crippen molar-refractivity contribution in [1.29, 1.82) is 0 Å². The summed E-state index contributed by atoms with van der Waals surface area (Å²) in [6.07, 6.45) is 0.773. The number of aromatic nitrogens is 2. The lowest BCUT2D eigenvalue weighted by atomic mass is 9.85. The van der Waals surface area contributed by atoms with Crippen molar-refractivity contribution in [2.24, 2.45) is 0 Å². The van der Waals surface area contributed by atoms with Gasteiger partial charge in [0.15, 0.2) is 5.69 Å². The Kier molecular flexibility index (Phi) is 5.34. The van der Waals surface area contributed by atoms with Crippen LogP contribution in [0.1, 0.15) is 53.9 Å². The summed E-state index contributed by atoms with van der Waals surface area (Å²) < 4.78 is 25.7. The zero-order valence-corrected chi connectivity index (χ0v) is 16.1. The van der Waals surface area contributed by atoms with Gasteiger partial charge in [-0.25, -0.2) is 8.78 Å². The molecular formula is C21H24F2N4O2. The van der Waals surface area contributed by atoms with Gasteiger partial charge in [-0.1, -0.05) is 30.3 Å². The number of H-pyrrole nitrogens is 1. The van der Waals surface area contributed by atoms with E-state index in [2.05, 4.69) is 10.2 Å². The summed E-state index contributed by atoms with van der Waals surface area (Å²) in [7, 11) is 0. The molecule has 0 aliphatic carbocycles. The zero-order chi connectivity index (χ0) is 20.4. The number of benzene rings is 1. The van der Waals surface area contributed by atoms with Gasteiger partial charge in [0.05, 0.1) is 0 Å². The molecule has 2 amide bonds. The average molecular weight is 402 g/mol. The molecule has 8 heteroatoms. The summed E-state index contributed by atoms with van der Waals surface area (Å²) in [4.78, 5) is 29.8. The summed E-state index contributed by atoms with van der Waals surface area (Å²) >= 11 is 0. The summed E-state index contributed by atoms with van der Waals surface area (Å²) in [5, 5.41) is 5.98. The monoisotopic (exact) mass is 402 g/mol. The normalized spacial score (nSPS) is 22.1. The van der Waals surface area contributed by atoms with E-state index in [-0.39, 0.29) is 17.3 Å². The number of hydrogen-bond acceptors (Lipinski definition) is 3. The van der Waals surface area contributed by atoms with Gasteiger partial charge >= 0.3 is 0 Å². The highest BCUT2D eigenvalue weighted by molar-refractivity contribution is 5.99. The molecule has 1 aromatic carbocycles. The lowest BCUT2D eigenvalue weighted by molar-refractivity contribution is -0.145. The van der Waals surface area contributed by atoms with E-state index in [0.29, 0.717) is 32.5 Å². The lowest BCUT2D eigenvalue weighted by Gasteiger charge is -2.44. The van der Waals surface area contributed by atoms with E-state index in [4.69, 9.17) is 0 Å². The number of nitrogens with one attached hydrogen (secondary N) is 1. The van der Waals surface area contributed by atoms with Crippen molar-refractivity contribution < 1.29 is 18.4 Å². The minimum absolute atomic E-state index is 0.0323. The highest BCUT2D eigenvalue weighted by Gasteiger charge is 2.53. The van der Waals surface area contributed by atoms with Gasteiger partial charge in [0.2, 0.25) is 5.91 Å². The lowest BCUT2D eigenvalue weighted by Crippen LogP contribution is -2.61. The van der Waals surface area contributed by atoms with Crippen molar-refractivity contribution >= 4 is 11.8 Å². The molecule has 0 saturated carbocycles. The van der Waals surface area contributed by atoms with Gasteiger partial charge in [-0.3, -0.25) is 14.7 Å². The second-order valence-corrected chi connectivity index (χ2v) is 7.73. The number of halogens is 2. The Balaban J connectivity index is 1.51. The largest absolute Gasteiger partial charge is 0.340 e. The Hall–Kier alpha value is -2.77. The zero-order valence-electron chi connectivity index (χ0n) is 16.1. The first-order valence-electron chi connectivity index (χ1n) is 10.00. The third-order valence-corrected chi connectivity index (χ3v) is 6.00. The van der Waals surface area contributed by atoms with E-state index in [0.717, 1.165) is 30.9 Å². The molecule has 2 aliphatic heterocycles. The number of carbonyl (C=O) groups excluding carboxylic acids is 2. The summed E-state index contributed by atoms with van der Waals surface area (Å²) in [5.74, 6) is -0.487. The van der Waals surface area contributed by atoms with Gasteiger partial charge in [0, 0.05) is 19.6 Å². The van der Waals surface area contributed by atoms with Crippen LogP contribution in [0.5, 0.6) is 0 Å². The van der Waals surface area contributed by atoms with Gasteiger partial charge in [-0.05, 0) is 43.7 Å². The van der Waals surface area contributed by atoms with Gasteiger partial charge in [-0.2, -0.15) is 5.10 Å². The second kappa shape index (κ2) is 7.93. The maximum atomic E-state index is 13.4. The molecule has 154 valence electrons. The van der Waals surface area contributed by atoms with E-state index < -0.39 is 17.9 Å². The summed E-state index contributed by atoms with van der Waals surface area (Å²) in [6.45, 7) is 1.71. The van der Waals surface area contributed by atoms with Crippen LogP contribution in [0.4, 0.5) is 8.78 Å². The van der Waals surface area contributed by atoms with Gasteiger partial charge in [0.1, 0.15) is 11.2 Å². The fraction of sp³-hybridized carbons (Fsp3) is 0.476. The van der Waals surface area contributed by atoms with Crippen LogP contribution >= 0.6 is 0 Å². The minimum atomic E-state index is -2.72. The number of likely N-dealkylation sites (tertiary alicyclic amines) is 2. The van der Waals surface area contributed by atoms with Crippen LogP contribution in [-0.2, 0) is 11.2 Å². The highest BCUT2D eigenvalue weighted by Crippen LogP contribution is 2.39. The predicted octanol–water partition coefficient (Wildman–Crippen LogP) is 3.19. The maximum Gasteiger partial charge on any atom is 0.279 e. The van der Waals surface area contributed by atoms with Crippen LogP contribution in [0.2, 0.25) is 0 Å². The third-order valence-electron chi connectivity index (χ3n) is 6.00. The standard InChI is InChI=1S/C21H24F2N4O2/c22-18(23)16-14-17(25-24-16)19(28)27-12-5-10-21(27)9-4-11-26(20(21)29)13-8-15-6-2-1-3-7-15/h1-3,6-7,14,18H,4-5,8-13H2,(H,24,25). The molecular weight excluding hydrogens is 378 g/mol. The molecule has 1 atom stereocenters. The number of carbonyl (C=O) groups is 2. The van der Waals surface area contributed by atoms with E-state index in [9.17, 15) is 18.4 Å². The number of alkyl halides is 2. The average Bonchev–Trinajstić information content (AvgIpc) is 3.38. The quantitative estimate of drug-likeness (QED) is 0.835. The third kappa shape index (κ3) is 3.63. The molecule has 29 heavy (non-hydrogen) atoms. The number of piperidine rings is 1. The van der Waals surface area contributed by atoms with Crippen LogP contribution in [0.25, 0.3) is 0 Å². The molecule has 6 nitrogen and oxygen atoms in total. The SMILES string of the molecule is O=C(c1cc(C(F)F)[nH]n1)N1CCCC12CCCN(CCc1ccccc1)C2=O. The molecule has 2 saturated heterocycles. The Morgan fingerprint density at radius 2 is 1.90 bits per heavy atom. The fourth-order valence-corrected chi connectivity index (χ4v) is 4.54. The van der Waals surface area contributed by atoms with E-state index in [1.807, 2.05) is 35.2 Å². The van der Waals surface area contributed by atoms with Crippen LogP contribution in [0.3, 0.4) is 0 Å². The number of nitrogens with zero attached hydrogens (tertiary/aromatic N) is 3. The first-order valence-corrected chi connectivity index (χ1v) is 10.00. The first-order chi connectivity index (χ1) is 14.0. The van der Waals surface area contributed by atoms with E-state index in [1.165, 1.54) is 0 Å². The van der Waals surface area contributed by atoms with E-state index in [1.54, 1.807) is 4.90 Å². The number of amides is 2. The molecule has 3 heterocycles. The number of hydrogen-bond donors (Lipinski definition) is 1. The fourth-order valence-electron chi connectivity index (χ4n) is 4.54. The Labute approximate surface area is 167 Å². The van der Waals surface area contributed by atoms with Crippen LogP contribution in [-0.4, -0.2) is 57.0 Å². The van der Waals surface area contributed by atoms with Crippen LogP contribution in [0, 0.1) is 0 Å². The molecule has 4 rings (SSSR count). The first kappa shape index (κ1) is 19.5. The molecule has 1 aromatic heterocycles. The second-order valence-electron chi connectivity index (χ2n) is 7.73. The Bertz CT molecular complexity index is 886. The minimum Gasteiger partial charge on any atom is -0.340 e. The molecule has 2 aromatic rings. The molecule has 2 aliphatic rings. The molecule has 1 unspecified atom stereocenters. The van der Waals surface area contributed by atoms with Crippen molar-refractivity contribution in [2.45, 2.75) is 44.1 Å². The van der Waals surface area contributed by atoms with Crippen molar-refractivity contribution in [3.63, 3.8) is 0 Å². The van der Waals surface area contributed by atoms with Crippen molar-refractivity contribution in [1.82, 2.24) is 20.0 Å². The molecule has 0 radical (unpaired) electrons. The Morgan fingerprint density at radius 3 is 2.59 bits per heavy atom. The summed E-state index contributed by atoms with van der Waals surface area (Å²) in [5.41, 5.74) is -0.164. The number of rotatable bonds is 5. The Morgan fingerprint density at radius 1 is 1.17 bits per heavy atom. The highest BCUT2D eigenvalue weighted by atomic mass is 19.3. The molecule has 1 spiro atoms. The molecule has 1 N–H and O–H groups in total. The van der Waals surface area contributed by atoms with Gasteiger partial charge in [-0.15, -0.1) is 0 Å². The smallest absolute Gasteiger partial charge is 0.279 e. The molecule has 0 bridgehead atoms. The van der Waals surface area contributed by atoms with Gasteiger partial charge < -0.3 is 9.80 Å². The van der Waals surface area contributed by atoms with Crippen molar-refractivity contribution in [2.75, 3.05) is 19.6 Å². The predicted molar refractivity (Wildman–Crippen MR) is 103 cm³/mol. The van der Waals surface area contributed by atoms with Gasteiger partial charge in [0.25, 0.3) is 12.3 Å². The maximum absolute atomic E-state index is 13.4. The van der Waals surface area contributed by atoms with Crippen LogP contribution in [0.15, 0.2) is 36.4 Å². The van der Waals surface area contributed by atoms with E-state index >= 15 is 0 Å². The topological polar surface area (TPSA) is 69.3 Å². The van der Waals surface area contributed by atoms with Crippen LogP contribution < -0.4 is 0 Å². The number of aromatic amines is 1. The van der Waals surface area contributed by atoms with Crippen molar-refractivity contribution in [3.8, 4) is 0 Å². The summed E-state index contributed by atoms with van der Waals surface area (Å²) in [6, 6.07) is 11.1.